The van der Waals surface area contributed by atoms with E-state index in [0.717, 1.165) is 13.0 Å². The minimum absolute atomic E-state index is 0.0106. The summed E-state index contributed by atoms with van der Waals surface area (Å²) in [5, 5.41) is 4.85. The van der Waals surface area contributed by atoms with Crippen molar-refractivity contribution in [3.05, 3.63) is 18.0 Å². The molecule has 1 aliphatic heterocycles. The number of fused-ring (bicyclic) bond motifs is 5. The van der Waals surface area contributed by atoms with Crippen molar-refractivity contribution in [2.24, 2.45) is 0 Å². The van der Waals surface area contributed by atoms with E-state index in [9.17, 15) is 8.78 Å². The molecule has 3 aromatic rings. The maximum Gasteiger partial charge on any atom is 0.586 e. The summed E-state index contributed by atoms with van der Waals surface area (Å²) in [6.45, 7) is 4.79. The summed E-state index contributed by atoms with van der Waals surface area (Å²) in [5.74, 6) is 6.47. The van der Waals surface area contributed by atoms with Gasteiger partial charge in [-0.05, 0) is 25.5 Å². The standard InChI is InChI=1S/C20H21F2N5O3/c1-3-11-28-12(2)7-5-4-6-8-15-24-18-13-9-10-14-17(30-20(21,22)29-14)16(13)25-19(23)27(18)26-15/h9-10,12H,3,6-8,11H2,1-2H3,(H2,23,25)/t12-/m1/s1. The molecule has 1 atom stereocenters. The Labute approximate surface area is 171 Å². The van der Waals surface area contributed by atoms with Gasteiger partial charge in [0.25, 0.3) is 0 Å². The van der Waals surface area contributed by atoms with Crippen LogP contribution in [0.15, 0.2) is 12.1 Å². The third-order valence-corrected chi connectivity index (χ3v) is 4.47. The van der Waals surface area contributed by atoms with Crippen molar-refractivity contribution in [3.63, 3.8) is 0 Å². The van der Waals surface area contributed by atoms with Crippen LogP contribution in [-0.2, 0) is 11.2 Å². The zero-order valence-corrected chi connectivity index (χ0v) is 16.6. The van der Waals surface area contributed by atoms with E-state index in [4.69, 9.17) is 10.5 Å². The van der Waals surface area contributed by atoms with Crippen molar-refractivity contribution < 1.29 is 23.0 Å². The monoisotopic (exact) mass is 417 g/mol. The fourth-order valence-electron chi connectivity index (χ4n) is 3.10. The van der Waals surface area contributed by atoms with E-state index < -0.39 is 6.29 Å². The molecule has 0 spiro atoms. The van der Waals surface area contributed by atoms with E-state index in [1.54, 1.807) is 6.07 Å². The van der Waals surface area contributed by atoms with Gasteiger partial charge in [-0.25, -0.2) is 9.97 Å². The molecule has 0 unspecified atom stereocenters. The highest BCUT2D eigenvalue weighted by molar-refractivity contribution is 5.97. The summed E-state index contributed by atoms with van der Waals surface area (Å²) >= 11 is 0. The van der Waals surface area contributed by atoms with Crippen molar-refractivity contribution in [3.8, 4) is 23.3 Å². The Bertz CT molecular complexity index is 1150. The van der Waals surface area contributed by atoms with E-state index in [1.807, 2.05) is 6.92 Å². The molecule has 158 valence electrons. The quantitative estimate of drug-likeness (QED) is 0.615. The Morgan fingerprint density at radius 2 is 2.10 bits per heavy atom. The van der Waals surface area contributed by atoms with E-state index in [2.05, 4.69) is 43.3 Å². The lowest BCUT2D eigenvalue weighted by molar-refractivity contribution is -0.286. The molecular weight excluding hydrogens is 396 g/mol. The number of nitrogens with zero attached hydrogens (tertiary/aromatic N) is 4. The van der Waals surface area contributed by atoms with Gasteiger partial charge < -0.3 is 19.9 Å². The van der Waals surface area contributed by atoms with Crippen LogP contribution >= 0.6 is 0 Å². The Hall–Kier alpha value is -3.19. The first-order valence-corrected chi connectivity index (χ1v) is 9.69. The maximum atomic E-state index is 13.4. The number of halogens is 2. The van der Waals surface area contributed by atoms with Crippen LogP contribution < -0.4 is 15.2 Å². The Morgan fingerprint density at radius 1 is 1.27 bits per heavy atom. The number of hydrogen-bond acceptors (Lipinski definition) is 7. The second-order valence-electron chi connectivity index (χ2n) is 6.93. The molecular formula is C20H21F2N5O3. The van der Waals surface area contributed by atoms with Gasteiger partial charge in [0.2, 0.25) is 5.95 Å². The maximum absolute atomic E-state index is 13.4. The van der Waals surface area contributed by atoms with Gasteiger partial charge in [-0.15, -0.1) is 25.7 Å². The lowest BCUT2D eigenvalue weighted by Crippen LogP contribution is -2.26. The predicted octanol–water partition coefficient (Wildman–Crippen LogP) is 3.32. The molecule has 2 aromatic heterocycles. The number of hydrogen-bond donors (Lipinski definition) is 1. The van der Waals surface area contributed by atoms with Crippen molar-refractivity contribution in [2.45, 2.75) is 51.9 Å². The highest BCUT2D eigenvalue weighted by atomic mass is 19.3. The average Bonchev–Trinajstić information content (AvgIpc) is 3.26. The first kappa shape index (κ1) is 20.1. The Kier molecular flexibility index (Phi) is 5.30. The summed E-state index contributed by atoms with van der Waals surface area (Å²) < 4.78 is 42.9. The zero-order valence-electron chi connectivity index (χ0n) is 16.6. The molecule has 0 aliphatic carbocycles. The van der Waals surface area contributed by atoms with Gasteiger partial charge in [0.15, 0.2) is 23.0 Å². The molecule has 0 bridgehead atoms. The molecule has 2 N–H and O–H groups in total. The van der Waals surface area contributed by atoms with Crippen LogP contribution in [0, 0.1) is 11.8 Å². The summed E-state index contributed by atoms with van der Waals surface area (Å²) in [6.07, 6.45) is -0.908. The van der Waals surface area contributed by atoms with E-state index >= 15 is 0 Å². The highest BCUT2D eigenvalue weighted by Crippen LogP contribution is 2.45. The van der Waals surface area contributed by atoms with Gasteiger partial charge >= 0.3 is 6.29 Å². The molecule has 1 aliphatic rings. The number of ether oxygens (including phenoxy) is 3. The summed E-state index contributed by atoms with van der Waals surface area (Å²) in [7, 11) is 0. The Balaban J connectivity index is 1.54. The largest absolute Gasteiger partial charge is 0.586 e. The predicted molar refractivity (Wildman–Crippen MR) is 105 cm³/mol. The van der Waals surface area contributed by atoms with E-state index in [1.165, 1.54) is 10.6 Å². The first-order valence-electron chi connectivity index (χ1n) is 9.69. The third kappa shape index (κ3) is 3.93. The number of benzene rings is 1. The molecule has 0 radical (unpaired) electrons. The number of aromatic nitrogens is 4. The van der Waals surface area contributed by atoms with Crippen molar-refractivity contribution in [1.29, 1.82) is 0 Å². The molecule has 3 heterocycles. The van der Waals surface area contributed by atoms with Crippen LogP contribution in [0.1, 0.15) is 38.9 Å². The molecule has 8 nitrogen and oxygen atoms in total. The van der Waals surface area contributed by atoms with E-state index in [0.29, 0.717) is 36.1 Å². The van der Waals surface area contributed by atoms with E-state index in [-0.39, 0.29) is 29.1 Å². The minimum Gasteiger partial charge on any atom is -0.395 e. The molecule has 10 heteroatoms. The number of nitrogen functional groups attached to an aromatic ring is 1. The molecule has 0 saturated carbocycles. The van der Waals surface area contributed by atoms with Crippen LogP contribution in [0.3, 0.4) is 0 Å². The van der Waals surface area contributed by atoms with Gasteiger partial charge in [-0.1, -0.05) is 6.92 Å². The smallest absolute Gasteiger partial charge is 0.395 e. The molecule has 0 saturated heterocycles. The van der Waals surface area contributed by atoms with Crippen LogP contribution in [0.25, 0.3) is 16.6 Å². The third-order valence-electron chi connectivity index (χ3n) is 4.47. The van der Waals surface area contributed by atoms with Crippen molar-refractivity contribution in [1.82, 2.24) is 19.6 Å². The Morgan fingerprint density at radius 3 is 2.90 bits per heavy atom. The summed E-state index contributed by atoms with van der Waals surface area (Å²) in [6, 6.07) is 2.97. The van der Waals surface area contributed by atoms with Crippen LogP contribution in [-0.4, -0.2) is 38.6 Å². The van der Waals surface area contributed by atoms with Gasteiger partial charge in [-0.3, -0.25) is 0 Å². The summed E-state index contributed by atoms with van der Waals surface area (Å²) in [5.41, 5.74) is 6.52. The molecule has 0 fully saturated rings. The SMILES string of the molecule is CCCO[C@H](C)CC#CCCc1nc2c3ccc4c(c3nc(N)n2n1)OC(F)(F)O4. The second-order valence-corrected chi connectivity index (χ2v) is 6.93. The second kappa shape index (κ2) is 7.91. The van der Waals surface area contributed by atoms with Crippen molar-refractivity contribution in [2.75, 3.05) is 12.3 Å². The number of rotatable bonds is 6. The topological polar surface area (TPSA) is 96.8 Å². The average molecular weight is 417 g/mol. The number of alkyl halides is 2. The number of anilines is 1. The minimum atomic E-state index is -3.74. The fraction of sp³-hybridized carbons (Fsp3) is 0.450. The van der Waals surface area contributed by atoms with Crippen LogP contribution in [0.5, 0.6) is 11.5 Å². The van der Waals surface area contributed by atoms with Gasteiger partial charge in [0.1, 0.15) is 5.52 Å². The van der Waals surface area contributed by atoms with Crippen LogP contribution in [0.2, 0.25) is 0 Å². The van der Waals surface area contributed by atoms with Gasteiger partial charge in [0.05, 0.1) is 6.10 Å². The van der Waals surface area contributed by atoms with Gasteiger partial charge in [-0.2, -0.15) is 4.52 Å². The lowest BCUT2D eigenvalue weighted by Gasteiger charge is -2.07. The summed E-state index contributed by atoms with van der Waals surface area (Å²) in [4.78, 5) is 8.66. The van der Waals surface area contributed by atoms with Crippen molar-refractivity contribution >= 4 is 22.5 Å². The van der Waals surface area contributed by atoms with Crippen LogP contribution in [0.4, 0.5) is 14.7 Å². The molecule has 1 aromatic carbocycles. The number of aryl methyl sites for hydroxylation is 1. The first-order chi connectivity index (χ1) is 14.4. The lowest BCUT2D eigenvalue weighted by atomic mass is 10.2. The fourth-order valence-corrected chi connectivity index (χ4v) is 3.10. The normalized spacial score (nSPS) is 15.3. The zero-order chi connectivity index (χ0) is 21.3. The molecule has 4 rings (SSSR count). The molecule has 30 heavy (non-hydrogen) atoms. The number of nitrogens with two attached hydrogens (primary N) is 1. The molecule has 0 amide bonds. The highest BCUT2D eigenvalue weighted by Gasteiger charge is 2.44. The van der Waals surface area contributed by atoms with Gasteiger partial charge in [0, 0.05) is 31.3 Å².